The van der Waals surface area contributed by atoms with Crippen molar-refractivity contribution < 1.29 is 9.53 Å². The summed E-state index contributed by atoms with van der Waals surface area (Å²) in [7, 11) is 0. The average Bonchev–Trinajstić information content (AvgIpc) is 2.99. The minimum Gasteiger partial charge on any atom is -0.377 e. The van der Waals surface area contributed by atoms with E-state index in [-0.39, 0.29) is 0 Å². The normalized spacial score (nSPS) is 26.6. The Morgan fingerprint density at radius 3 is 2.95 bits per heavy atom. The Morgan fingerprint density at radius 1 is 1.40 bits per heavy atom. The maximum atomic E-state index is 12.4. The first-order valence-electron chi connectivity index (χ1n) is 8.00. The van der Waals surface area contributed by atoms with E-state index in [2.05, 4.69) is 17.1 Å². The van der Waals surface area contributed by atoms with Gasteiger partial charge in [0.1, 0.15) is 0 Å². The van der Waals surface area contributed by atoms with Crippen LogP contribution in [-0.4, -0.2) is 60.7 Å². The topological polar surface area (TPSA) is 41.6 Å². The second kappa shape index (κ2) is 8.90. The van der Waals surface area contributed by atoms with Crippen LogP contribution in [-0.2, 0) is 9.53 Å². The molecule has 20 heavy (non-hydrogen) atoms. The van der Waals surface area contributed by atoms with E-state index in [1.54, 1.807) is 11.8 Å². The van der Waals surface area contributed by atoms with Crippen molar-refractivity contribution in [3.05, 3.63) is 0 Å². The molecule has 1 amide bonds. The molecule has 0 aliphatic carbocycles. The Morgan fingerprint density at radius 2 is 2.30 bits per heavy atom. The Kier molecular flexibility index (Phi) is 7.17. The molecule has 2 aliphatic heterocycles. The van der Waals surface area contributed by atoms with Crippen molar-refractivity contribution in [3.8, 4) is 0 Å². The van der Waals surface area contributed by atoms with E-state index in [1.807, 2.05) is 0 Å². The summed E-state index contributed by atoms with van der Waals surface area (Å²) in [5, 5.41) is 3.35. The first-order chi connectivity index (χ1) is 9.81. The van der Waals surface area contributed by atoms with E-state index in [1.165, 1.54) is 12.8 Å². The van der Waals surface area contributed by atoms with Crippen molar-refractivity contribution in [2.45, 2.75) is 51.2 Å². The smallest absolute Gasteiger partial charge is 0.232 e. The predicted molar refractivity (Wildman–Crippen MR) is 84.2 cm³/mol. The minimum absolute atomic E-state index is 0.307. The zero-order chi connectivity index (χ0) is 14.2. The molecule has 2 fully saturated rings. The first-order valence-corrected chi connectivity index (χ1v) is 9.16. The van der Waals surface area contributed by atoms with Crippen LogP contribution in [0.25, 0.3) is 0 Å². The number of amides is 1. The van der Waals surface area contributed by atoms with E-state index in [9.17, 15) is 4.79 Å². The molecule has 0 spiro atoms. The monoisotopic (exact) mass is 300 g/mol. The lowest BCUT2D eigenvalue weighted by atomic mass is 10.1. The van der Waals surface area contributed by atoms with E-state index in [0.29, 0.717) is 23.8 Å². The molecule has 0 saturated carbocycles. The predicted octanol–water partition coefficient (Wildman–Crippen LogP) is 1.89. The summed E-state index contributed by atoms with van der Waals surface area (Å²) < 4.78 is 5.71. The van der Waals surface area contributed by atoms with Crippen LogP contribution < -0.4 is 5.32 Å². The van der Waals surface area contributed by atoms with Crippen molar-refractivity contribution in [1.82, 2.24) is 10.2 Å². The van der Waals surface area contributed by atoms with E-state index in [4.69, 9.17) is 4.74 Å². The molecule has 2 heterocycles. The zero-order valence-corrected chi connectivity index (χ0v) is 13.4. The maximum absolute atomic E-state index is 12.4. The second-order valence-corrected chi connectivity index (χ2v) is 6.77. The van der Waals surface area contributed by atoms with Gasteiger partial charge in [-0.25, -0.2) is 0 Å². The van der Waals surface area contributed by atoms with Crippen molar-refractivity contribution >= 4 is 17.7 Å². The van der Waals surface area contributed by atoms with Gasteiger partial charge in [0.2, 0.25) is 5.91 Å². The van der Waals surface area contributed by atoms with Gasteiger partial charge in [-0.2, -0.15) is 0 Å². The fraction of sp³-hybridized carbons (Fsp3) is 0.933. The summed E-state index contributed by atoms with van der Waals surface area (Å²) in [5.74, 6) is 1.88. The molecule has 0 aromatic heterocycles. The molecule has 2 aliphatic rings. The van der Waals surface area contributed by atoms with Gasteiger partial charge in [0.15, 0.2) is 0 Å². The van der Waals surface area contributed by atoms with Crippen LogP contribution in [0, 0.1) is 0 Å². The number of hydrogen-bond acceptors (Lipinski definition) is 4. The number of nitrogens with one attached hydrogen (secondary N) is 1. The van der Waals surface area contributed by atoms with Crippen molar-refractivity contribution in [1.29, 1.82) is 0 Å². The number of carbonyl (C=O) groups excluding carboxylic acids is 1. The van der Waals surface area contributed by atoms with Gasteiger partial charge < -0.3 is 15.0 Å². The molecule has 1 N–H and O–H groups in total. The third-order valence-electron chi connectivity index (χ3n) is 4.06. The summed E-state index contributed by atoms with van der Waals surface area (Å²) in [6.07, 6.45) is 6.13. The van der Waals surface area contributed by atoms with E-state index in [0.717, 1.165) is 51.3 Å². The highest BCUT2D eigenvalue weighted by Gasteiger charge is 2.25. The molecule has 0 radical (unpaired) electrons. The fourth-order valence-electron chi connectivity index (χ4n) is 2.96. The van der Waals surface area contributed by atoms with Crippen LogP contribution >= 0.6 is 11.8 Å². The molecule has 0 aromatic carbocycles. The lowest BCUT2D eigenvalue weighted by molar-refractivity contribution is -0.130. The Hall–Kier alpha value is -0.260. The molecule has 4 nitrogen and oxygen atoms in total. The Labute approximate surface area is 127 Å². The number of carbonyl (C=O) groups is 1. The minimum atomic E-state index is 0.307. The fourth-order valence-corrected chi connectivity index (χ4v) is 3.94. The van der Waals surface area contributed by atoms with Crippen LogP contribution in [0.15, 0.2) is 0 Å². The molecule has 0 bridgehead atoms. The zero-order valence-electron chi connectivity index (χ0n) is 12.6. The number of nitrogens with zero attached hydrogens (tertiary/aromatic N) is 1. The highest BCUT2D eigenvalue weighted by atomic mass is 32.2. The van der Waals surface area contributed by atoms with Gasteiger partial charge in [-0.05, 0) is 38.6 Å². The Bertz CT molecular complexity index is 290. The third-order valence-corrected chi connectivity index (χ3v) is 5.12. The largest absolute Gasteiger partial charge is 0.377 e. The quantitative estimate of drug-likeness (QED) is 0.779. The third kappa shape index (κ3) is 4.93. The van der Waals surface area contributed by atoms with Crippen LogP contribution in [0.2, 0.25) is 0 Å². The van der Waals surface area contributed by atoms with Crippen molar-refractivity contribution in [3.63, 3.8) is 0 Å². The molecule has 2 rings (SSSR count). The molecule has 2 atom stereocenters. The maximum Gasteiger partial charge on any atom is 0.232 e. The first kappa shape index (κ1) is 16.1. The van der Waals surface area contributed by atoms with E-state index < -0.39 is 0 Å². The lowest BCUT2D eigenvalue weighted by Gasteiger charge is -2.28. The summed E-state index contributed by atoms with van der Waals surface area (Å²) in [4.78, 5) is 14.5. The number of rotatable bonds is 7. The SMILES string of the molecule is CCCN(C(=O)CSCC1CCCCO1)C1CCNC1. The van der Waals surface area contributed by atoms with Gasteiger partial charge >= 0.3 is 0 Å². The van der Waals surface area contributed by atoms with Gasteiger partial charge in [0, 0.05) is 31.5 Å². The summed E-state index contributed by atoms with van der Waals surface area (Å²) in [6.45, 7) is 5.94. The van der Waals surface area contributed by atoms with Crippen molar-refractivity contribution in [2.24, 2.45) is 0 Å². The molecule has 5 heteroatoms. The molecule has 116 valence electrons. The second-order valence-electron chi connectivity index (χ2n) is 5.74. The molecular formula is C15H28N2O2S. The standard InChI is InChI=1S/C15H28N2O2S/c1-2-8-17(13-6-7-16-10-13)15(18)12-20-11-14-5-3-4-9-19-14/h13-14,16H,2-12H2,1H3. The summed E-state index contributed by atoms with van der Waals surface area (Å²) >= 11 is 1.74. The van der Waals surface area contributed by atoms with Gasteiger partial charge in [-0.3, -0.25) is 4.79 Å². The number of hydrogen-bond donors (Lipinski definition) is 1. The Balaban J connectivity index is 1.70. The van der Waals surface area contributed by atoms with Crippen LogP contribution in [0.1, 0.15) is 39.0 Å². The molecule has 2 unspecified atom stereocenters. The van der Waals surface area contributed by atoms with Gasteiger partial charge in [0.05, 0.1) is 11.9 Å². The van der Waals surface area contributed by atoms with Gasteiger partial charge in [0.25, 0.3) is 0 Å². The van der Waals surface area contributed by atoms with E-state index >= 15 is 0 Å². The summed E-state index contributed by atoms with van der Waals surface area (Å²) in [5.41, 5.74) is 0. The van der Waals surface area contributed by atoms with Crippen molar-refractivity contribution in [2.75, 3.05) is 37.7 Å². The van der Waals surface area contributed by atoms with Crippen LogP contribution in [0.4, 0.5) is 0 Å². The van der Waals surface area contributed by atoms with Gasteiger partial charge in [-0.1, -0.05) is 6.92 Å². The highest BCUT2D eigenvalue weighted by molar-refractivity contribution is 7.99. The average molecular weight is 300 g/mol. The molecule has 2 saturated heterocycles. The van der Waals surface area contributed by atoms with Gasteiger partial charge in [-0.15, -0.1) is 11.8 Å². The number of thioether (sulfide) groups is 1. The molecular weight excluding hydrogens is 272 g/mol. The van der Waals surface area contributed by atoms with Crippen LogP contribution in [0.3, 0.4) is 0 Å². The summed E-state index contributed by atoms with van der Waals surface area (Å²) in [6, 6.07) is 0.411. The molecule has 0 aromatic rings. The lowest BCUT2D eigenvalue weighted by Crippen LogP contribution is -2.43. The number of ether oxygens (including phenoxy) is 1. The highest BCUT2D eigenvalue weighted by Crippen LogP contribution is 2.18. The van der Waals surface area contributed by atoms with Crippen LogP contribution in [0.5, 0.6) is 0 Å².